The number of halogens is 1. The molecule has 0 radical (unpaired) electrons. The van der Waals surface area contributed by atoms with E-state index in [-0.39, 0.29) is 18.3 Å². The van der Waals surface area contributed by atoms with Gasteiger partial charge >= 0.3 is 0 Å². The molecule has 164 valence electrons. The smallest absolute Gasteiger partial charge is 0.255 e. The summed E-state index contributed by atoms with van der Waals surface area (Å²) >= 11 is 0. The number of fused-ring (bicyclic) bond motifs is 2. The number of ether oxygens (including phenoxy) is 4. The number of hydrogen-bond donors (Lipinski definition) is 2. The minimum absolute atomic E-state index is 0. The number of carbonyl (C=O) groups is 1. The predicted molar refractivity (Wildman–Crippen MR) is 122 cm³/mol. The van der Waals surface area contributed by atoms with Crippen molar-refractivity contribution in [3.63, 3.8) is 0 Å². The van der Waals surface area contributed by atoms with E-state index in [2.05, 4.69) is 15.3 Å². The highest BCUT2D eigenvalue weighted by Crippen LogP contribution is 2.40. The van der Waals surface area contributed by atoms with Gasteiger partial charge in [-0.2, -0.15) is 0 Å². The normalized spacial score (nSPS) is 12.0. The van der Waals surface area contributed by atoms with Crippen molar-refractivity contribution in [3.8, 4) is 28.9 Å². The molecule has 2 aromatic carbocycles. The van der Waals surface area contributed by atoms with Crippen LogP contribution in [-0.4, -0.2) is 36.2 Å². The lowest BCUT2D eigenvalue weighted by Crippen LogP contribution is -2.18. The molecular weight excluding hydrogens is 434 g/mol. The summed E-state index contributed by atoms with van der Waals surface area (Å²) in [5.74, 6) is 2.24. The molecular formula is C23H20ClN3O5. The number of rotatable bonds is 5. The molecule has 4 aromatic rings. The van der Waals surface area contributed by atoms with Crippen molar-refractivity contribution in [2.75, 3.05) is 25.6 Å². The van der Waals surface area contributed by atoms with Gasteiger partial charge < -0.3 is 29.2 Å². The molecule has 0 unspecified atom stereocenters. The van der Waals surface area contributed by atoms with Gasteiger partial charge in [0.1, 0.15) is 19.0 Å². The summed E-state index contributed by atoms with van der Waals surface area (Å²) in [6.45, 7) is 0.858. The Morgan fingerprint density at radius 2 is 1.97 bits per heavy atom. The van der Waals surface area contributed by atoms with E-state index in [1.165, 1.54) is 7.11 Å². The summed E-state index contributed by atoms with van der Waals surface area (Å²) in [5, 5.41) is 3.79. The van der Waals surface area contributed by atoms with Crippen LogP contribution in [0.4, 0.5) is 5.69 Å². The molecule has 9 heteroatoms. The SMILES string of the molecule is COc1cc(C(=O)Nc2ccc(Oc3cccc4[nH]ccc34)nc2)cc2c1OCCO2.Cl. The number of benzene rings is 2. The first-order valence-electron chi connectivity index (χ1n) is 9.70. The number of aromatic amines is 1. The van der Waals surface area contributed by atoms with Gasteiger partial charge in [-0.1, -0.05) is 6.07 Å². The van der Waals surface area contributed by atoms with E-state index >= 15 is 0 Å². The zero-order valence-corrected chi connectivity index (χ0v) is 17.9. The van der Waals surface area contributed by atoms with E-state index in [1.807, 2.05) is 30.5 Å². The van der Waals surface area contributed by atoms with Crippen molar-refractivity contribution in [2.45, 2.75) is 0 Å². The Labute approximate surface area is 189 Å². The van der Waals surface area contributed by atoms with E-state index in [4.69, 9.17) is 18.9 Å². The fourth-order valence-electron chi connectivity index (χ4n) is 3.38. The molecule has 0 saturated heterocycles. The van der Waals surface area contributed by atoms with Crippen LogP contribution in [0.2, 0.25) is 0 Å². The predicted octanol–water partition coefficient (Wildman–Crippen LogP) is 4.81. The lowest BCUT2D eigenvalue weighted by atomic mass is 10.1. The Morgan fingerprint density at radius 1 is 1.09 bits per heavy atom. The molecule has 0 fully saturated rings. The first-order valence-corrected chi connectivity index (χ1v) is 9.70. The number of carbonyl (C=O) groups excluding carboxylic acids is 1. The lowest BCUT2D eigenvalue weighted by molar-refractivity contribution is 0.102. The number of pyridine rings is 1. The van der Waals surface area contributed by atoms with Crippen molar-refractivity contribution in [3.05, 3.63) is 66.5 Å². The van der Waals surface area contributed by atoms with Crippen LogP contribution in [0.25, 0.3) is 10.9 Å². The van der Waals surface area contributed by atoms with Gasteiger partial charge in [0, 0.05) is 28.7 Å². The highest BCUT2D eigenvalue weighted by molar-refractivity contribution is 6.05. The molecule has 1 amide bonds. The average molecular weight is 454 g/mol. The van der Waals surface area contributed by atoms with Gasteiger partial charge in [-0.3, -0.25) is 4.79 Å². The molecule has 8 nitrogen and oxygen atoms in total. The van der Waals surface area contributed by atoms with Gasteiger partial charge in [-0.15, -0.1) is 12.4 Å². The number of nitrogens with one attached hydrogen (secondary N) is 2. The van der Waals surface area contributed by atoms with Crippen LogP contribution in [0.3, 0.4) is 0 Å². The number of aromatic nitrogens is 2. The summed E-state index contributed by atoms with van der Waals surface area (Å²) in [7, 11) is 1.52. The molecule has 0 bridgehead atoms. The topological polar surface area (TPSA) is 94.7 Å². The second-order valence-corrected chi connectivity index (χ2v) is 6.84. The summed E-state index contributed by atoms with van der Waals surface area (Å²) in [4.78, 5) is 20.2. The number of anilines is 1. The van der Waals surface area contributed by atoms with E-state index in [9.17, 15) is 4.79 Å². The largest absolute Gasteiger partial charge is 0.493 e. The maximum absolute atomic E-state index is 12.7. The zero-order valence-electron chi connectivity index (χ0n) is 17.1. The van der Waals surface area contributed by atoms with Gasteiger partial charge in [0.15, 0.2) is 11.5 Å². The number of nitrogens with zero attached hydrogens (tertiary/aromatic N) is 1. The molecule has 0 spiro atoms. The summed E-state index contributed by atoms with van der Waals surface area (Å²) in [6.07, 6.45) is 3.40. The number of methoxy groups -OCH3 is 1. The van der Waals surface area contributed by atoms with E-state index in [0.717, 1.165) is 10.9 Å². The van der Waals surface area contributed by atoms with Crippen molar-refractivity contribution in [2.24, 2.45) is 0 Å². The van der Waals surface area contributed by atoms with E-state index in [0.29, 0.717) is 53.3 Å². The molecule has 0 aliphatic carbocycles. The Bertz CT molecular complexity index is 1240. The Kier molecular flexibility index (Phi) is 6.04. The van der Waals surface area contributed by atoms with Crippen molar-refractivity contribution < 1.29 is 23.7 Å². The minimum Gasteiger partial charge on any atom is -0.493 e. The number of amides is 1. The summed E-state index contributed by atoms with van der Waals surface area (Å²) in [5.41, 5.74) is 1.91. The second kappa shape index (κ2) is 9.07. The maximum atomic E-state index is 12.7. The van der Waals surface area contributed by atoms with Gasteiger partial charge in [-0.25, -0.2) is 4.98 Å². The number of H-pyrrole nitrogens is 1. The maximum Gasteiger partial charge on any atom is 0.255 e. The van der Waals surface area contributed by atoms with Crippen molar-refractivity contribution in [1.29, 1.82) is 0 Å². The molecule has 2 N–H and O–H groups in total. The third-order valence-electron chi connectivity index (χ3n) is 4.85. The van der Waals surface area contributed by atoms with Gasteiger partial charge in [0.05, 0.1) is 19.0 Å². The monoisotopic (exact) mass is 453 g/mol. The quantitative estimate of drug-likeness (QED) is 0.450. The standard InChI is InChI=1S/C23H19N3O5.ClH/c1-28-19-11-14(12-20-22(19)30-10-9-29-20)23(27)26-15-5-6-21(25-13-15)31-18-4-2-3-17-16(18)7-8-24-17;/h2-8,11-13,24H,9-10H2,1H3,(H,26,27);1H. The van der Waals surface area contributed by atoms with Crippen LogP contribution in [-0.2, 0) is 0 Å². The lowest BCUT2D eigenvalue weighted by Gasteiger charge is -2.21. The van der Waals surface area contributed by atoms with Crippen LogP contribution >= 0.6 is 12.4 Å². The summed E-state index contributed by atoms with van der Waals surface area (Å²) in [6, 6.07) is 14.4. The van der Waals surface area contributed by atoms with E-state index < -0.39 is 0 Å². The van der Waals surface area contributed by atoms with Crippen LogP contribution in [0.1, 0.15) is 10.4 Å². The van der Waals surface area contributed by atoms with Crippen LogP contribution in [0.5, 0.6) is 28.9 Å². The fraction of sp³-hybridized carbons (Fsp3) is 0.130. The minimum atomic E-state index is -0.317. The average Bonchev–Trinajstić information content (AvgIpc) is 3.29. The molecule has 1 aliphatic heterocycles. The molecule has 2 aromatic heterocycles. The Morgan fingerprint density at radius 3 is 2.78 bits per heavy atom. The van der Waals surface area contributed by atoms with Crippen molar-refractivity contribution >= 4 is 34.9 Å². The number of hydrogen-bond acceptors (Lipinski definition) is 6. The highest BCUT2D eigenvalue weighted by Gasteiger charge is 2.21. The molecule has 0 atom stereocenters. The first-order chi connectivity index (χ1) is 15.2. The molecule has 0 saturated carbocycles. The van der Waals surface area contributed by atoms with Crippen molar-refractivity contribution in [1.82, 2.24) is 9.97 Å². The highest BCUT2D eigenvalue weighted by atomic mass is 35.5. The Hall–Kier alpha value is -3.91. The first kappa shape index (κ1) is 21.3. The summed E-state index contributed by atoms with van der Waals surface area (Å²) < 4.78 is 22.4. The third kappa shape index (κ3) is 4.13. The fourth-order valence-corrected chi connectivity index (χ4v) is 3.38. The van der Waals surface area contributed by atoms with E-state index in [1.54, 1.807) is 30.5 Å². The molecule has 32 heavy (non-hydrogen) atoms. The van der Waals surface area contributed by atoms with Crippen LogP contribution < -0.4 is 24.3 Å². The van der Waals surface area contributed by atoms with Crippen LogP contribution in [0, 0.1) is 0 Å². The van der Waals surface area contributed by atoms with Gasteiger partial charge in [0.2, 0.25) is 11.6 Å². The zero-order chi connectivity index (χ0) is 21.2. The molecule has 1 aliphatic rings. The Balaban J connectivity index is 0.00000245. The second-order valence-electron chi connectivity index (χ2n) is 6.84. The third-order valence-corrected chi connectivity index (χ3v) is 4.85. The van der Waals surface area contributed by atoms with Gasteiger partial charge in [-0.05, 0) is 36.4 Å². The van der Waals surface area contributed by atoms with Gasteiger partial charge in [0.25, 0.3) is 5.91 Å². The molecule has 3 heterocycles. The van der Waals surface area contributed by atoms with Crippen LogP contribution in [0.15, 0.2) is 60.9 Å². The molecule has 5 rings (SSSR count).